The highest BCUT2D eigenvalue weighted by atomic mass is 32.2. The topological polar surface area (TPSA) is 79.5 Å². The molecule has 26 heavy (non-hydrogen) atoms. The molecule has 3 rings (SSSR count). The molecule has 0 atom stereocenters. The molecule has 136 valence electrons. The molecular formula is C19H20N2O4S. The second kappa shape index (κ2) is 6.93. The Bertz CT molecular complexity index is 1050. The van der Waals surface area contributed by atoms with Gasteiger partial charge in [-0.15, -0.1) is 0 Å². The zero-order valence-electron chi connectivity index (χ0n) is 14.8. The lowest BCUT2D eigenvalue weighted by atomic mass is 10.1. The number of aromatic nitrogens is 1. The van der Waals surface area contributed by atoms with Gasteiger partial charge in [0.15, 0.2) is 6.29 Å². The number of H-pyrrole nitrogens is 1. The first kappa shape index (κ1) is 18.2. The Kier molecular flexibility index (Phi) is 4.84. The van der Waals surface area contributed by atoms with E-state index in [0.717, 1.165) is 21.9 Å². The van der Waals surface area contributed by atoms with Gasteiger partial charge in [-0.1, -0.05) is 0 Å². The van der Waals surface area contributed by atoms with E-state index in [-0.39, 0.29) is 4.90 Å². The van der Waals surface area contributed by atoms with E-state index in [0.29, 0.717) is 28.8 Å². The Balaban J connectivity index is 2.14. The average molecular weight is 372 g/mol. The first-order chi connectivity index (χ1) is 12.4. The Morgan fingerprint density at radius 3 is 2.38 bits per heavy atom. The average Bonchev–Trinajstić information content (AvgIpc) is 3.00. The van der Waals surface area contributed by atoms with E-state index in [1.54, 1.807) is 6.07 Å². The van der Waals surface area contributed by atoms with Crippen LogP contribution in [-0.2, 0) is 10.0 Å². The summed E-state index contributed by atoms with van der Waals surface area (Å²) in [6.07, 6.45) is 0.747. The Morgan fingerprint density at radius 2 is 1.81 bits per heavy atom. The minimum atomic E-state index is -3.57. The summed E-state index contributed by atoms with van der Waals surface area (Å²) in [6, 6.07) is 12.1. The molecule has 0 saturated carbocycles. The van der Waals surface area contributed by atoms with Gasteiger partial charge in [-0.3, -0.25) is 4.79 Å². The highest BCUT2D eigenvalue weighted by molar-refractivity contribution is 7.89. The number of carbonyl (C=O) groups excluding carboxylic acids is 1. The third kappa shape index (κ3) is 3.11. The van der Waals surface area contributed by atoms with Crippen molar-refractivity contribution in [2.45, 2.75) is 11.8 Å². The normalized spacial score (nSPS) is 11.8. The number of nitrogens with one attached hydrogen (secondary N) is 1. The fraction of sp³-hybridized carbons (Fsp3) is 0.211. The van der Waals surface area contributed by atoms with Gasteiger partial charge in [-0.25, -0.2) is 12.7 Å². The standard InChI is InChI=1S/C19H20N2O4S/c1-4-25-14-7-5-13(6-8-14)19-17(12-22)16-11-15(9-10-18(16)20-19)26(23,24)21(2)3/h5-12,20H,4H2,1-3H3. The highest BCUT2D eigenvalue weighted by Crippen LogP contribution is 2.32. The molecule has 2 aromatic carbocycles. The molecule has 0 unspecified atom stereocenters. The summed E-state index contributed by atoms with van der Waals surface area (Å²) in [6.45, 7) is 2.49. The van der Waals surface area contributed by atoms with Crippen molar-refractivity contribution in [1.29, 1.82) is 0 Å². The quantitative estimate of drug-likeness (QED) is 0.674. The van der Waals surface area contributed by atoms with Crippen LogP contribution < -0.4 is 4.74 Å². The maximum atomic E-state index is 12.4. The van der Waals surface area contributed by atoms with Crippen molar-refractivity contribution in [3.05, 3.63) is 48.0 Å². The lowest BCUT2D eigenvalue weighted by molar-refractivity contribution is 0.112. The lowest BCUT2D eigenvalue weighted by Crippen LogP contribution is -2.22. The van der Waals surface area contributed by atoms with Gasteiger partial charge in [0.1, 0.15) is 5.75 Å². The number of aldehydes is 1. The largest absolute Gasteiger partial charge is 0.494 e. The molecule has 0 radical (unpaired) electrons. The summed E-state index contributed by atoms with van der Waals surface area (Å²) < 4.78 is 31.3. The number of benzene rings is 2. The molecule has 0 aliphatic carbocycles. The van der Waals surface area contributed by atoms with Crippen molar-refractivity contribution in [2.24, 2.45) is 0 Å². The van der Waals surface area contributed by atoms with Crippen LogP contribution in [0.15, 0.2) is 47.4 Å². The van der Waals surface area contributed by atoms with Crippen molar-refractivity contribution in [1.82, 2.24) is 9.29 Å². The molecule has 7 heteroatoms. The number of rotatable bonds is 6. The molecule has 3 aromatic rings. The molecule has 0 spiro atoms. The molecule has 0 saturated heterocycles. The third-order valence-electron chi connectivity index (χ3n) is 4.16. The molecule has 1 heterocycles. The number of hydrogen-bond acceptors (Lipinski definition) is 4. The SMILES string of the molecule is CCOc1ccc(-c2[nH]c3ccc(S(=O)(=O)N(C)C)cc3c2C=O)cc1. The Labute approximate surface area is 152 Å². The van der Waals surface area contributed by atoms with E-state index in [1.165, 1.54) is 26.2 Å². The van der Waals surface area contributed by atoms with Crippen LogP contribution in [0.5, 0.6) is 5.75 Å². The number of aromatic amines is 1. The summed E-state index contributed by atoms with van der Waals surface area (Å²) >= 11 is 0. The van der Waals surface area contributed by atoms with Crippen molar-refractivity contribution in [3.63, 3.8) is 0 Å². The number of ether oxygens (including phenoxy) is 1. The zero-order chi connectivity index (χ0) is 18.9. The van der Waals surface area contributed by atoms with Crippen LogP contribution in [0.3, 0.4) is 0 Å². The summed E-state index contributed by atoms with van der Waals surface area (Å²) in [5.74, 6) is 0.749. The molecule has 1 N–H and O–H groups in total. The fourth-order valence-electron chi connectivity index (χ4n) is 2.80. The summed E-state index contributed by atoms with van der Waals surface area (Å²) in [4.78, 5) is 15.1. The molecule has 0 fully saturated rings. The predicted molar refractivity (Wildman–Crippen MR) is 101 cm³/mol. The van der Waals surface area contributed by atoms with Gasteiger partial charge in [-0.05, 0) is 55.0 Å². The number of sulfonamides is 1. The Morgan fingerprint density at radius 1 is 1.12 bits per heavy atom. The molecule has 0 bridgehead atoms. The number of hydrogen-bond donors (Lipinski definition) is 1. The van der Waals surface area contributed by atoms with Crippen LogP contribution in [0.25, 0.3) is 22.2 Å². The van der Waals surface area contributed by atoms with Crippen LogP contribution in [0.1, 0.15) is 17.3 Å². The van der Waals surface area contributed by atoms with Gasteiger partial charge in [0, 0.05) is 30.6 Å². The molecule has 0 aliphatic rings. The van der Waals surface area contributed by atoms with Gasteiger partial charge in [-0.2, -0.15) is 0 Å². The van der Waals surface area contributed by atoms with Crippen LogP contribution in [0.4, 0.5) is 0 Å². The summed E-state index contributed by atoms with van der Waals surface area (Å²) in [7, 11) is -0.624. The molecule has 1 aromatic heterocycles. The van der Waals surface area contributed by atoms with Crippen molar-refractivity contribution in [2.75, 3.05) is 20.7 Å². The van der Waals surface area contributed by atoms with Crippen LogP contribution in [0.2, 0.25) is 0 Å². The van der Waals surface area contributed by atoms with E-state index >= 15 is 0 Å². The van der Waals surface area contributed by atoms with Gasteiger partial charge >= 0.3 is 0 Å². The predicted octanol–water partition coefficient (Wildman–Crippen LogP) is 3.30. The van der Waals surface area contributed by atoms with Gasteiger partial charge in [0.25, 0.3) is 0 Å². The number of fused-ring (bicyclic) bond motifs is 1. The number of carbonyl (C=O) groups is 1. The maximum Gasteiger partial charge on any atom is 0.242 e. The van der Waals surface area contributed by atoms with Gasteiger partial charge in [0.05, 0.1) is 17.2 Å². The van der Waals surface area contributed by atoms with Crippen LogP contribution >= 0.6 is 0 Å². The van der Waals surface area contributed by atoms with E-state index in [2.05, 4.69) is 4.98 Å². The van der Waals surface area contributed by atoms with E-state index in [1.807, 2.05) is 31.2 Å². The lowest BCUT2D eigenvalue weighted by Gasteiger charge is -2.11. The molecule has 0 amide bonds. The monoisotopic (exact) mass is 372 g/mol. The highest BCUT2D eigenvalue weighted by Gasteiger charge is 2.20. The van der Waals surface area contributed by atoms with Crippen molar-refractivity contribution < 1.29 is 17.9 Å². The summed E-state index contributed by atoms with van der Waals surface area (Å²) in [5.41, 5.74) is 2.61. The smallest absolute Gasteiger partial charge is 0.242 e. The first-order valence-corrected chi connectivity index (χ1v) is 9.59. The van der Waals surface area contributed by atoms with E-state index in [9.17, 15) is 13.2 Å². The second-order valence-electron chi connectivity index (χ2n) is 5.98. The van der Waals surface area contributed by atoms with E-state index in [4.69, 9.17) is 4.74 Å². The van der Waals surface area contributed by atoms with Crippen LogP contribution in [0, 0.1) is 0 Å². The minimum Gasteiger partial charge on any atom is -0.494 e. The van der Waals surface area contributed by atoms with Gasteiger partial charge < -0.3 is 9.72 Å². The number of nitrogens with zero attached hydrogens (tertiary/aromatic N) is 1. The minimum absolute atomic E-state index is 0.148. The molecular weight excluding hydrogens is 352 g/mol. The van der Waals surface area contributed by atoms with Crippen molar-refractivity contribution >= 4 is 27.2 Å². The summed E-state index contributed by atoms with van der Waals surface area (Å²) in [5, 5.41) is 0.576. The Hall–Kier alpha value is -2.64. The third-order valence-corrected chi connectivity index (χ3v) is 5.97. The fourth-order valence-corrected chi connectivity index (χ4v) is 3.73. The molecule has 0 aliphatic heterocycles. The zero-order valence-corrected chi connectivity index (χ0v) is 15.6. The second-order valence-corrected chi connectivity index (χ2v) is 8.14. The maximum absolute atomic E-state index is 12.4. The van der Waals surface area contributed by atoms with Gasteiger partial charge in [0.2, 0.25) is 10.0 Å². The van der Waals surface area contributed by atoms with Crippen molar-refractivity contribution in [3.8, 4) is 17.0 Å². The molecule has 6 nitrogen and oxygen atoms in total. The first-order valence-electron chi connectivity index (χ1n) is 8.15. The van der Waals surface area contributed by atoms with E-state index < -0.39 is 10.0 Å². The van der Waals surface area contributed by atoms with Crippen LogP contribution in [-0.4, -0.2) is 44.7 Å².